The van der Waals surface area contributed by atoms with Gasteiger partial charge >= 0.3 is 0 Å². The minimum absolute atomic E-state index is 0.136. The highest BCUT2D eigenvalue weighted by Crippen LogP contribution is 2.06. The quantitative estimate of drug-likeness (QED) is 0.662. The Hall–Kier alpha value is -0.610. The zero-order valence-electron chi connectivity index (χ0n) is 9.88. The normalized spacial score (nSPS) is 20.9. The second-order valence-electron chi connectivity index (χ2n) is 4.07. The maximum absolute atomic E-state index is 11.4. The molecule has 0 aromatic carbocycles. The van der Waals surface area contributed by atoms with Gasteiger partial charge in [-0.2, -0.15) is 0 Å². The van der Waals surface area contributed by atoms with E-state index in [0.29, 0.717) is 12.6 Å². The molecule has 0 aliphatic carbocycles. The molecular weight excluding hydrogens is 190 g/mol. The van der Waals surface area contributed by atoms with Crippen LogP contribution in [0, 0.1) is 0 Å². The highest BCUT2D eigenvalue weighted by molar-refractivity contribution is 5.77. The summed E-state index contributed by atoms with van der Waals surface area (Å²) in [5, 5.41) is 6.29. The molecule has 0 spiro atoms. The largest absolute Gasteiger partial charge is 0.355 e. The van der Waals surface area contributed by atoms with E-state index in [1.807, 2.05) is 6.92 Å². The lowest BCUT2D eigenvalue weighted by Crippen LogP contribution is -2.43. The fraction of sp³-hybridized carbons (Fsp3) is 0.909. The minimum atomic E-state index is 0.136. The summed E-state index contributed by atoms with van der Waals surface area (Å²) in [5.41, 5.74) is 0. The van der Waals surface area contributed by atoms with Crippen molar-refractivity contribution in [3.05, 3.63) is 0 Å². The van der Waals surface area contributed by atoms with E-state index in [9.17, 15) is 4.79 Å². The van der Waals surface area contributed by atoms with E-state index in [1.54, 1.807) is 0 Å². The summed E-state index contributed by atoms with van der Waals surface area (Å²) in [6.45, 7) is 8.37. The van der Waals surface area contributed by atoms with E-state index in [-0.39, 0.29) is 5.91 Å². The monoisotopic (exact) mass is 213 g/mol. The highest BCUT2D eigenvalue weighted by Gasteiger charge is 2.18. The lowest BCUT2D eigenvalue weighted by atomic mass is 10.2. The Labute approximate surface area is 92.4 Å². The van der Waals surface area contributed by atoms with E-state index >= 15 is 0 Å². The van der Waals surface area contributed by atoms with Crippen LogP contribution in [-0.2, 0) is 4.79 Å². The van der Waals surface area contributed by atoms with Crippen LogP contribution in [-0.4, -0.2) is 49.6 Å². The standard InChI is InChI=1S/C11H23N3O/c1-3-12-11(15)9-14(4-2)8-10-6-5-7-13-10/h10,13H,3-9H2,1-2H3,(H,12,15)/t10-/m1/s1. The molecule has 1 heterocycles. The predicted molar refractivity (Wildman–Crippen MR) is 61.8 cm³/mol. The lowest BCUT2D eigenvalue weighted by Gasteiger charge is -2.23. The number of hydrogen-bond donors (Lipinski definition) is 2. The molecule has 2 N–H and O–H groups in total. The number of amides is 1. The molecule has 0 aromatic heterocycles. The van der Waals surface area contributed by atoms with Gasteiger partial charge in [-0.05, 0) is 32.9 Å². The SMILES string of the molecule is CCNC(=O)CN(CC)C[C@H]1CCCN1. The van der Waals surface area contributed by atoms with E-state index < -0.39 is 0 Å². The number of hydrogen-bond acceptors (Lipinski definition) is 3. The molecule has 0 unspecified atom stereocenters. The van der Waals surface area contributed by atoms with Crippen molar-refractivity contribution in [3.8, 4) is 0 Å². The summed E-state index contributed by atoms with van der Waals surface area (Å²) in [4.78, 5) is 13.6. The van der Waals surface area contributed by atoms with Crippen LogP contribution in [0.4, 0.5) is 0 Å². The van der Waals surface area contributed by atoms with Crippen molar-refractivity contribution in [3.63, 3.8) is 0 Å². The molecule has 1 aliphatic heterocycles. The van der Waals surface area contributed by atoms with Gasteiger partial charge in [0.05, 0.1) is 6.54 Å². The number of rotatable bonds is 6. The molecule has 1 fully saturated rings. The van der Waals surface area contributed by atoms with Gasteiger partial charge in [0, 0.05) is 19.1 Å². The molecule has 0 saturated carbocycles. The van der Waals surface area contributed by atoms with E-state index in [4.69, 9.17) is 0 Å². The molecule has 0 bridgehead atoms. The first-order valence-corrected chi connectivity index (χ1v) is 5.98. The van der Waals surface area contributed by atoms with Gasteiger partial charge in [0.25, 0.3) is 0 Å². The van der Waals surface area contributed by atoms with Gasteiger partial charge in [-0.25, -0.2) is 0 Å². The number of nitrogens with one attached hydrogen (secondary N) is 2. The first-order chi connectivity index (χ1) is 7.26. The van der Waals surface area contributed by atoms with Crippen molar-refractivity contribution in [1.29, 1.82) is 0 Å². The zero-order valence-corrected chi connectivity index (χ0v) is 9.88. The molecular formula is C11H23N3O. The van der Waals surface area contributed by atoms with Crippen LogP contribution in [0.1, 0.15) is 26.7 Å². The van der Waals surface area contributed by atoms with Gasteiger partial charge < -0.3 is 10.6 Å². The van der Waals surface area contributed by atoms with Crippen LogP contribution in [0.15, 0.2) is 0 Å². The zero-order chi connectivity index (χ0) is 11.1. The van der Waals surface area contributed by atoms with Crippen molar-refractivity contribution in [2.75, 3.05) is 32.7 Å². The molecule has 4 heteroatoms. The fourth-order valence-electron chi connectivity index (χ4n) is 1.99. The first kappa shape index (κ1) is 12.5. The summed E-state index contributed by atoms with van der Waals surface area (Å²) < 4.78 is 0. The Kier molecular flexibility index (Phi) is 5.65. The number of carbonyl (C=O) groups excluding carboxylic acids is 1. The molecule has 1 saturated heterocycles. The molecule has 15 heavy (non-hydrogen) atoms. The second kappa shape index (κ2) is 6.80. The summed E-state index contributed by atoms with van der Waals surface area (Å²) in [7, 11) is 0. The Morgan fingerprint density at radius 1 is 1.53 bits per heavy atom. The third kappa shape index (κ3) is 4.62. The van der Waals surface area contributed by atoms with Crippen LogP contribution in [0.25, 0.3) is 0 Å². The topological polar surface area (TPSA) is 44.4 Å². The van der Waals surface area contributed by atoms with Gasteiger partial charge in [-0.1, -0.05) is 6.92 Å². The van der Waals surface area contributed by atoms with Gasteiger partial charge in [0.2, 0.25) is 5.91 Å². The van der Waals surface area contributed by atoms with Gasteiger partial charge in [0.1, 0.15) is 0 Å². The van der Waals surface area contributed by atoms with Crippen molar-refractivity contribution in [2.24, 2.45) is 0 Å². The van der Waals surface area contributed by atoms with Crippen LogP contribution in [0.2, 0.25) is 0 Å². The van der Waals surface area contributed by atoms with E-state index in [2.05, 4.69) is 22.5 Å². The van der Waals surface area contributed by atoms with Gasteiger partial charge in [0.15, 0.2) is 0 Å². The number of nitrogens with zero attached hydrogens (tertiary/aromatic N) is 1. The lowest BCUT2D eigenvalue weighted by molar-refractivity contribution is -0.122. The summed E-state index contributed by atoms with van der Waals surface area (Å²) in [6.07, 6.45) is 2.51. The third-order valence-electron chi connectivity index (χ3n) is 2.83. The molecule has 1 atom stereocenters. The molecule has 88 valence electrons. The van der Waals surface area contributed by atoms with Crippen molar-refractivity contribution in [1.82, 2.24) is 15.5 Å². The van der Waals surface area contributed by atoms with Crippen molar-refractivity contribution in [2.45, 2.75) is 32.7 Å². The van der Waals surface area contributed by atoms with Crippen molar-refractivity contribution >= 4 is 5.91 Å². The maximum Gasteiger partial charge on any atom is 0.234 e. The van der Waals surface area contributed by atoms with Crippen LogP contribution >= 0.6 is 0 Å². The summed E-state index contributed by atoms with van der Waals surface area (Å²) >= 11 is 0. The number of carbonyl (C=O) groups is 1. The maximum atomic E-state index is 11.4. The minimum Gasteiger partial charge on any atom is -0.355 e. The smallest absolute Gasteiger partial charge is 0.234 e. The molecule has 4 nitrogen and oxygen atoms in total. The molecule has 0 aromatic rings. The molecule has 1 aliphatic rings. The van der Waals surface area contributed by atoms with E-state index in [0.717, 1.165) is 26.2 Å². The molecule has 1 amide bonds. The summed E-state index contributed by atoms with van der Waals surface area (Å²) in [6, 6.07) is 0.583. The third-order valence-corrected chi connectivity index (χ3v) is 2.83. The Bertz CT molecular complexity index is 190. The van der Waals surface area contributed by atoms with Gasteiger partial charge in [-0.15, -0.1) is 0 Å². The Morgan fingerprint density at radius 3 is 2.87 bits per heavy atom. The van der Waals surface area contributed by atoms with E-state index in [1.165, 1.54) is 12.8 Å². The molecule has 1 rings (SSSR count). The predicted octanol–water partition coefficient (Wildman–Crippen LogP) is 0.196. The average molecular weight is 213 g/mol. The van der Waals surface area contributed by atoms with Crippen LogP contribution in [0.5, 0.6) is 0 Å². The van der Waals surface area contributed by atoms with Crippen LogP contribution in [0.3, 0.4) is 0 Å². The fourth-order valence-corrected chi connectivity index (χ4v) is 1.99. The van der Waals surface area contributed by atoms with Gasteiger partial charge in [-0.3, -0.25) is 9.69 Å². The summed E-state index contributed by atoms with van der Waals surface area (Å²) in [5.74, 6) is 0.136. The number of likely N-dealkylation sites (N-methyl/N-ethyl adjacent to an activating group) is 2. The van der Waals surface area contributed by atoms with Crippen molar-refractivity contribution < 1.29 is 4.79 Å². The Balaban J connectivity index is 2.24. The van der Waals surface area contributed by atoms with Crippen LogP contribution < -0.4 is 10.6 Å². The second-order valence-corrected chi connectivity index (χ2v) is 4.07. The first-order valence-electron chi connectivity index (χ1n) is 5.98. The average Bonchev–Trinajstić information content (AvgIpc) is 2.70. The Morgan fingerprint density at radius 2 is 2.33 bits per heavy atom. The molecule has 0 radical (unpaired) electrons. The highest BCUT2D eigenvalue weighted by atomic mass is 16.2.